The Morgan fingerprint density at radius 1 is 1.11 bits per heavy atom. The third-order valence-corrected chi connectivity index (χ3v) is 8.63. The number of nitro benzene ring substituents is 1. The minimum Gasteiger partial charge on any atom is -0.463 e. The van der Waals surface area contributed by atoms with Crippen molar-refractivity contribution in [1.29, 1.82) is 0 Å². The number of halogens is 1. The second-order valence-electron chi connectivity index (χ2n) is 10.2. The first kappa shape index (κ1) is 29.3. The van der Waals surface area contributed by atoms with Crippen LogP contribution in [0.2, 0.25) is 5.02 Å². The van der Waals surface area contributed by atoms with E-state index in [1.807, 2.05) is 30.3 Å². The largest absolute Gasteiger partial charge is 0.463 e. The smallest absolute Gasteiger partial charge is 0.338 e. The number of carbonyl (C=O) groups excluding carboxylic acids is 1. The van der Waals surface area contributed by atoms with Gasteiger partial charge in [-0.3, -0.25) is 19.5 Å². The van der Waals surface area contributed by atoms with E-state index in [9.17, 15) is 19.7 Å². The van der Waals surface area contributed by atoms with Crippen LogP contribution >= 0.6 is 22.9 Å². The van der Waals surface area contributed by atoms with E-state index in [2.05, 4.69) is 0 Å². The van der Waals surface area contributed by atoms with Crippen molar-refractivity contribution in [2.45, 2.75) is 13.0 Å². The van der Waals surface area contributed by atoms with Gasteiger partial charge in [-0.25, -0.2) is 9.79 Å². The molecule has 2 aliphatic heterocycles. The number of thiazole rings is 1. The van der Waals surface area contributed by atoms with Gasteiger partial charge in [-0.2, -0.15) is 0 Å². The van der Waals surface area contributed by atoms with Gasteiger partial charge < -0.3 is 18.6 Å². The fraction of sp³-hybridized carbons (Fsp3) is 0.121. The standard InChI is InChI=1S/C33H22ClN3O8S/c1-2-42-32(39)28-29(18-6-4-3-5-7-18)35-33-36(30(28)19-8-12-25-26(14-19)44-17-43-25)31(38)27(46-33)16-21-10-13-24(45-21)22-11-9-20(34)15-23(22)37(40)41/h3-16,30H,2,17H2,1H3/b27-16-. The van der Waals surface area contributed by atoms with Gasteiger partial charge in [0, 0.05) is 22.7 Å². The summed E-state index contributed by atoms with van der Waals surface area (Å²) in [5, 5.41) is 11.9. The number of carbonyl (C=O) groups is 1. The number of hydrogen-bond donors (Lipinski definition) is 0. The lowest BCUT2D eigenvalue weighted by atomic mass is 9.93. The molecule has 46 heavy (non-hydrogen) atoms. The Morgan fingerprint density at radius 3 is 2.70 bits per heavy atom. The van der Waals surface area contributed by atoms with Crippen molar-refractivity contribution in [2.24, 2.45) is 4.99 Å². The number of benzene rings is 3. The Bertz CT molecular complexity index is 2250. The topological polar surface area (TPSA) is 135 Å². The number of rotatable bonds is 7. The van der Waals surface area contributed by atoms with E-state index in [0.29, 0.717) is 33.1 Å². The van der Waals surface area contributed by atoms with Crippen LogP contribution < -0.4 is 24.4 Å². The molecular formula is C33H22ClN3O8S. The predicted octanol–water partition coefficient (Wildman–Crippen LogP) is 5.49. The Kier molecular flexibility index (Phi) is 7.51. The number of hydrogen-bond acceptors (Lipinski definition) is 10. The Morgan fingerprint density at radius 2 is 1.91 bits per heavy atom. The quantitative estimate of drug-likeness (QED) is 0.128. The minimum atomic E-state index is -0.911. The highest BCUT2D eigenvalue weighted by atomic mass is 35.5. The molecule has 2 aromatic heterocycles. The summed E-state index contributed by atoms with van der Waals surface area (Å²) in [4.78, 5) is 44.1. The number of nitro groups is 1. The van der Waals surface area contributed by atoms with E-state index in [0.717, 1.165) is 11.3 Å². The first-order valence-electron chi connectivity index (χ1n) is 14.0. The van der Waals surface area contributed by atoms with Crippen molar-refractivity contribution in [3.8, 4) is 22.8 Å². The maximum atomic E-state index is 14.2. The third-order valence-electron chi connectivity index (χ3n) is 7.41. The molecule has 0 amide bonds. The number of furan rings is 1. The van der Waals surface area contributed by atoms with Crippen molar-refractivity contribution < 1.29 is 28.3 Å². The van der Waals surface area contributed by atoms with Crippen LogP contribution in [0.15, 0.2) is 98.6 Å². The van der Waals surface area contributed by atoms with E-state index < -0.39 is 22.5 Å². The molecule has 2 aliphatic rings. The lowest BCUT2D eigenvalue weighted by Crippen LogP contribution is -2.40. The summed E-state index contributed by atoms with van der Waals surface area (Å²) in [6.07, 6.45) is 1.54. The molecule has 0 saturated heterocycles. The van der Waals surface area contributed by atoms with Crippen LogP contribution in [0.4, 0.5) is 5.69 Å². The maximum absolute atomic E-state index is 14.2. The molecule has 0 bridgehead atoms. The summed E-state index contributed by atoms with van der Waals surface area (Å²) in [6, 6.07) is 21.0. The van der Waals surface area contributed by atoms with Gasteiger partial charge in [-0.15, -0.1) is 0 Å². The summed E-state index contributed by atoms with van der Waals surface area (Å²) in [7, 11) is 0. The van der Waals surface area contributed by atoms with Gasteiger partial charge >= 0.3 is 5.97 Å². The second kappa shape index (κ2) is 11.8. The average molecular weight is 656 g/mol. The average Bonchev–Trinajstić information content (AvgIpc) is 3.80. The Hall–Kier alpha value is -5.46. The normalized spacial score (nSPS) is 15.4. The second-order valence-corrected chi connectivity index (χ2v) is 11.6. The lowest BCUT2D eigenvalue weighted by Gasteiger charge is -2.26. The van der Waals surface area contributed by atoms with Crippen LogP contribution in [0.1, 0.15) is 29.9 Å². The molecule has 0 saturated carbocycles. The summed E-state index contributed by atoms with van der Waals surface area (Å²) < 4.78 is 24.3. The van der Waals surface area contributed by atoms with Crippen molar-refractivity contribution in [3.63, 3.8) is 0 Å². The maximum Gasteiger partial charge on any atom is 0.338 e. The molecule has 0 spiro atoms. The van der Waals surface area contributed by atoms with Gasteiger partial charge in [0.05, 0.1) is 38.9 Å². The van der Waals surface area contributed by atoms with Crippen LogP contribution in [0.25, 0.3) is 23.1 Å². The molecule has 1 unspecified atom stereocenters. The number of fused-ring (bicyclic) bond motifs is 2. The van der Waals surface area contributed by atoms with Crippen LogP contribution in [0.5, 0.6) is 11.5 Å². The van der Waals surface area contributed by atoms with E-state index >= 15 is 0 Å². The fourth-order valence-corrected chi connectivity index (χ4v) is 6.55. The summed E-state index contributed by atoms with van der Waals surface area (Å²) in [5.41, 5.74) is 1.45. The fourth-order valence-electron chi connectivity index (χ4n) is 5.41. The molecular weight excluding hydrogens is 634 g/mol. The molecule has 3 aromatic carbocycles. The van der Waals surface area contributed by atoms with Gasteiger partial charge in [0.1, 0.15) is 11.5 Å². The van der Waals surface area contributed by atoms with Gasteiger partial charge in [0.2, 0.25) is 6.79 Å². The molecule has 7 rings (SSSR count). The molecule has 0 N–H and O–H groups in total. The van der Waals surface area contributed by atoms with Crippen molar-refractivity contribution in [2.75, 3.05) is 13.4 Å². The number of esters is 1. The Labute approximate surface area is 269 Å². The monoisotopic (exact) mass is 655 g/mol. The van der Waals surface area contributed by atoms with E-state index in [1.165, 1.54) is 22.8 Å². The van der Waals surface area contributed by atoms with Crippen LogP contribution in [-0.2, 0) is 9.53 Å². The molecule has 4 heterocycles. The molecule has 1 atom stereocenters. The molecule has 0 aliphatic carbocycles. The Balaban J connectivity index is 1.42. The highest BCUT2D eigenvalue weighted by Gasteiger charge is 2.36. The van der Waals surface area contributed by atoms with Gasteiger partial charge in [0.25, 0.3) is 11.2 Å². The predicted molar refractivity (Wildman–Crippen MR) is 169 cm³/mol. The van der Waals surface area contributed by atoms with Gasteiger partial charge in [0.15, 0.2) is 16.3 Å². The zero-order valence-electron chi connectivity index (χ0n) is 24.0. The zero-order valence-corrected chi connectivity index (χ0v) is 25.5. The SMILES string of the molecule is CCOC(=O)C1=C(c2ccccc2)N=c2s/c(=C\c3ccc(-c4ccc(Cl)cc4[N+](=O)[O-])o3)c(=O)n2C1c1ccc2c(c1)OCO2. The van der Waals surface area contributed by atoms with Crippen LogP contribution in [0.3, 0.4) is 0 Å². The molecule has 13 heteroatoms. The summed E-state index contributed by atoms with van der Waals surface area (Å²) in [6.45, 7) is 1.89. The molecule has 5 aromatic rings. The molecule has 11 nitrogen and oxygen atoms in total. The summed E-state index contributed by atoms with van der Waals surface area (Å²) >= 11 is 7.10. The van der Waals surface area contributed by atoms with Crippen LogP contribution in [-0.4, -0.2) is 28.9 Å². The first-order valence-corrected chi connectivity index (χ1v) is 15.2. The van der Waals surface area contributed by atoms with Crippen molar-refractivity contribution in [3.05, 3.63) is 136 Å². The van der Waals surface area contributed by atoms with E-state index in [1.54, 1.807) is 43.3 Å². The highest BCUT2D eigenvalue weighted by Crippen LogP contribution is 2.40. The van der Waals surface area contributed by atoms with E-state index in [-0.39, 0.29) is 51.3 Å². The first-order chi connectivity index (χ1) is 22.3. The summed E-state index contributed by atoms with van der Waals surface area (Å²) in [5.74, 6) is 0.951. The number of aromatic nitrogens is 1. The molecule has 0 fully saturated rings. The third kappa shape index (κ3) is 5.17. The van der Waals surface area contributed by atoms with E-state index in [4.69, 9.17) is 35.2 Å². The number of ether oxygens (including phenoxy) is 3. The van der Waals surface area contributed by atoms with Crippen molar-refractivity contribution in [1.82, 2.24) is 4.57 Å². The highest BCUT2D eigenvalue weighted by molar-refractivity contribution is 7.07. The molecule has 0 radical (unpaired) electrons. The number of nitrogens with zero attached hydrogens (tertiary/aromatic N) is 3. The minimum absolute atomic E-state index is 0.0572. The van der Waals surface area contributed by atoms with Gasteiger partial charge in [-0.05, 0) is 48.9 Å². The zero-order chi connectivity index (χ0) is 31.9. The van der Waals surface area contributed by atoms with Crippen molar-refractivity contribution >= 4 is 46.4 Å². The molecule has 230 valence electrons. The van der Waals surface area contributed by atoms with Gasteiger partial charge in [-0.1, -0.05) is 59.3 Å². The lowest BCUT2D eigenvalue weighted by molar-refractivity contribution is -0.384. The van der Waals surface area contributed by atoms with Crippen LogP contribution in [0, 0.1) is 10.1 Å².